The summed E-state index contributed by atoms with van der Waals surface area (Å²) in [6, 6.07) is 3.40. The molecule has 0 radical (unpaired) electrons. The highest BCUT2D eigenvalue weighted by atomic mass is 79.9. The van der Waals surface area contributed by atoms with Crippen molar-refractivity contribution in [3.63, 3.8) is 0 Å². The lowest BCUT2D eigenvalue weighted by molar-refractivity contribution is -0.384. The van der Waals surface area contributed by atoms with Gasteiger partial charge in [-0.3, -0.25) is 14.9 Å². The van der Waals surface area contributed by atoms with Crippen LogP contribution in [-0.4, -0.2) is 39.4 Å². The second-order valence-corrected chi connectivity index (χ2v) is 5.65. The quantitative estimate of drug-likeness (QED) is 0.656. The monoisotopic (exact) mass is 356 g/mol. The van der Waals surface area contributed by atoms with Crippen molar-refractivity contribution in [1.29, 1.82) is 0 Å². The van der Waals surface area contributed by atoms with Crippen LogP contribution >= 0.6 is 15.9 Å². The van der Waals surface area contributed by atoms with Crippen molar-refractivity contribution in [3.05, 3.63) is 38.3 Å². The zero-order chi connectivity index (χ0) is 15.6. The van der Waals surface area contributed by atoms with Crippen molar-refractivity contribution in [1.82, 2.24) is 4.90 Å². The molecule has 1 aliphatic heterocycles. The Morgan fingerprint density at radius 1 is 1.48 bits per heavy atom. The van der Waals surface area contributed by atoms with Gasteiger partial charge in [-0.2, -0.15) is 0 Å². The van der Waals surface area contributed by atoms with E-state index in [0.717, 1.165) is 0 Å². The number of nitro groups is 1. The Balaban J connectivity index is 2.13. The van der Waals surface area contributed by atoms with Gasteiger partial charge >= 0.3 is 5.97 Å². The van der Waals surface area contributed by atoms with Crippen LogP contribution in [0.25, 0.3) is 0 Å². The van der Waals surface area contributed by atoms with Gasteiger partial charge in [-0.1, -0.05) is 22.0 Å². The fourth-order valence-electron chi connectivity index (χ4n) is 2.38. The van der Waals surface area contributed by atoms with Gasteiger partial charge in [0.05, 0.1) is 11.3 Å². The number of benzene rings is 1. The number of carbonyl (C=O) groups is 2. The Morgan fingerprint density at radius 2 is 2.19 bits per heavy atom. The molecule has 1 heterocycles. The Kier molecular flexibility index (Phi) is 4.56. The zero-order valence-electron chi connectivity index (χ0n) is 11.0. The molecular formula is C13H13BrN2O5. The third-order valence-electron chi connectivity index (χ3n) is 3.45. The molecule has 7 nitrogen and oxygen atoms in total. The van der Waals surface area contributed by atoms with E-state index in [1.54, 1.807) is 0 Å². The molecular weight excluding hydrogens is 344 g/mol. The van der Waals surface area contributed by atoms with Crippen LogP contribution < -0.4 is 0 Å². The summed E-state index contributed by atoms with van der Waals surface area (Å²) in [5.41, 5.74) is 0.532. The molecule has 8 heteroatoms. The molecule has 112 valence electrons. The van der Waals surface area contributed by atoms with E-state index in [0.29, 0.717) is 29.4 Å². The van der Waals surface area contributed by atoms with E-state index < -0.39 is 16.9 Å². The lowest BCUT2D eigenvalue weighted by Gasteiger charge is -2.21. The molecule has 21 heavy (non-hydrogen) atoms. The topological polar surface area (TPSA) is 101 Å². The zero-order valence-corrected chi connectivity index (χ0v) is 12.6. The summed E-state index contributed by atoms with van der Waals surface area (Å²) in [5.74, 6) is -1.28. The second-order valence-electron chi connectivity index (χ2n) is 4.79. The maximum Gasteiger partial charge on any atom is 0.326 e. The maximum absolute atomic E-state index is 12.2. The highest BCUT2D eigenvalue weighted by Crippen LogP contribution is 2.25. The molecule has 1 atom stereocenters. The highest BCUT2D eigenvalue weighted by Gasteiger charge is 2.33. The van der Waals surface area contributed by atoms with Crippen LogP contribution in [0.1, 0.15) is 18.4 Å². The summed E-state index contributed by atoms with van der Waals surface area (Å²) in [6.45, 7) is 0.431. The van der Waals surface area contributed by atoms with Gasteiger partial charge in [0, 0.05) is 23.2 Å². The third kappa shape index (κ3) is 3.38. The van der Waals surface area contributed by atoms with Crippen LogP contribution in [-0.2, 0) is 16.0 Å². The number of likely N-dealkylation sites (tertiary alicyclic amines) is 1. The van der Waals surface area contributed by atoms with Gasteiger partial charge in [0.1, 0.15) is 6.04 Å². The Morgan fingerprint density at radius 3 is 2.76 bits per heavy atom. The van der Waals surface area contributed by atoms with Gasteiger partial charge in [0.25, 0.3) is 5.69 Å². The summed E-state index contributed by atoms with van der Waals surface area (Å²) < 4.78 is 0.469. The number of carbonyl (C=O) groups excluding carboxylic acids is 1. The van der Waals surface area contributed by atoms with Gasteiger partial charge in [-0.05, 0) is 18.4 Å². The van der Waals surface area contributed by atoms with Crippen molar-refractivity contribution in [2.24, 2.45) is 0 Å². The minimum atomic E-state index is -0.997. The minimum Gasteiger partial charge on any atom is -0.480 e. The van der Waals surface area contributed by atoms with Gasteiger partial charge in [-0.25, -0.2) is 4.79 Å². The predicted molar refractivity (Wildman–Crippen MR) is 76.9 cm³/mol. The summed E-state index contributed by atoms with van der Waals surface area (Å²) in [6.07, 6.45) is 1.15. The molecule has 1 aromatic rings. The number of hydrogen-bond acceptors (Lipinski definition) is 4. The Hall–Kier alpha value is -1.96. The molecule has 1 aliphatic rings. The van der Waals surface area contributed by atoms with Crippen molar-refractivity contribution in [2.45, 2.75) is 25.3 Å². The highest BCUT2D eigenvalue weighted by molar-refractivity contribution is 9.10. The summed E-state index contributed by atoms with van der Waals surface area (Å²) in [4.78, 5) is 34.8. The number of non-ortho nitro benzene ring substituents is 1. The Bertz CT molecular complexity index is 604. The van der Waals surface area contributed by atoms with Gasteiger partial charge in [-0.15, -0.1) is 0 Å². The molecule has 0 bridgehead atoms. The van der Waals surface area contributed by atoms with Crippen molar-refractivity contribution < 1.29 is 19.6 Å². The van der Waals surface area contributed by atoms with Crippen LogP contribution in [0.5, 0.6) is 0 Å². The number of aliphatic carboxylic acids is 1. The molecule has 1 saturated heterocycles. The van der Waals surface area contributed by atoms with Gasteiger partial charge in [0.2, 0.25) is 5.91 Å². The van der Waals surface area contributed by atoms with Gasteiger partial charge in [0.15, 0.2) is 0 Å². The third-order valence-corrected chi connectivity index (χ3v) is 4.19. The summed E-state index contributed by atoms with van der Waals surface area (Å²) in [5, 5.41) is 19.7. The molecule has 1 aromatic carbocycles. The number of hydrogen-bond donors (Lipinski definition) is 1. The molecule has 0 spiro atoms. The fourth-order valence-corrected chi connectivity index (χ4v) is 2.89. The van der Waals surface area contributed by atoms with Crippen molar-refractivity contribution in [3.8, 4) is 0 Å². The average molecular weight is 357 g/mol. The summed E-state index contributed by atoms with van der Waals surface area (Å²) in [7, 11) is 0. The molecule has 0 saturated carbocycles. The number of nitrogens with zero attached hydrogens (tertiary/aromatic N) is 2. The van der Waals surface area contributed by atoms with E-state index in [4.69, 9.17) is 5.11 Å². The second kappa shape index (κ2) is 6.21. The lowest BCUT2D eigenvalue weighted by Crippen LogP contribution is -2.41. The van der Waals surface area contributed by atoms with Crippen LogP contribution in [0.3, 0.4) is 0 Å². The average Bonchev–Trinajstić information content (AvgIpc) is 2.90. The van der Waals surface area contributed by atoms with Crippen LogP contribution in [0.2, 0.25) is 0 Å². The first-order valence-corrected chi connectivity index (χ1v) is 7.14. The normalized spacial score (nSPS) is 17.8. The fraction of sp³-hybridized carbons (Fsp3) is 0.385. The van der Waals surface area contributed by atoms with Gasteiger partial charge < -0.3 is 10.0 Å². The van der Waals surface area contributed by atoms with E-state index in [-0.39, 0.29) is 18.0 Å². The molecule has 2 rings (SSSR count). The van der Waals surface area contributed by atoms with E-state index in [1.807, 2.05) is 0 Å². The summed E-state index contributed by atoms with van der Waals surface area (Å²) >= 11 is 3.21. The maximum atomic E-state index is 12.2. The van der Waals surface area contributed by atoms with Crippen molar-refractivity contribution >= 4 is 33.5 Å². The SMILES string of the molecule is O=C(O)[C@H]1CCCN1C(=O)Cc1ccc([N+](=O)[O-])cc1Br. The van der Waals surface area contributed by atoms with Crippen LogP contribution in [0.15, 0.2) is 22.7 Å². The van der Waals surface area contributed by atoms with E-state index in [9.17, 15) is 19.7 Å². The Labute approximate surface area is 128 Å². The predicted octanol–water partition coefficient (Wildman–Crippen LogP) is 1.98. The number of amides is 1. The van der Waals surface area contributed by atoms with Crippen LogP contribution in [0, 0.1) is 10.1 Å². The molecule has 1 N–H and O–H groups in total. The number of halogens is 1. The first-order chi connectivity index (χ1) is 9.90. The molecule has 1 amide bonds. The molecule has 0 aromatic heterocycles. The first-order valence-electron chi connectivity index (χ1n) is 6.35. The molecule has 0 unspecified atom stereocenters. The minimum absolute atomic E-state index is 0.0162. The molecule has 0 aliphatic carbocycles. The van der Waals surface area contributed by atoms with E-state index in [1.165, 1.54) is 23.1 Å². The number of carboxylic acids is 1. The van der Waals surface area contributed by atoms with E-state index in [2.05, 4.69) is 15.9 Å². The van der Waals surface area contributed by atoms with Crippen molar-refractivity contribution in [2.75, 3.05) is 6.54 Å². The van der Waals surface area contributed by atoms with E-state index >= 15 is 0 Å². The molecule has 1 fully saturated rings. The largest absolute Gasteiger partial charge is 0.480 e. The standard InChI is InChI=1S/C13H13BrN2O5/c14-10-7-9(16(20)21)4-3-8(10)6-12(17)15-5-1-2-11(15)13(18)19/h3-4,7,11H,1-2,5-6H2,(H,18,19)/t11-/m1/s1. The lowest BCUT2D eigenvalue weighted by atomic mass is 10.1. The van der Waals surface area contributed by atoms with Crippen LogP contribution in [0.4, 0.5) is 5.69 Å². The number of rotatable bonds is 4. The smallest absolute Gasteiger partial charge is 0.326 e. The number of nitro benzene ring substituents is 1. The first kappa shape index (κ1) is 15.4. The number of carboxylic acid groups (broad SMARTS) is 1.